The Morgan fingerprint density at radius 1 is 1.19 bits per heavy atom. The third kappa shape index (κ3) is 4.08. The minimum Gasteiger partial charge on any atom is -0.370 e. The van der Waals surface area contributed by atoms with Gasteiger partial charge in [-0.05, 0) is 32.0 Å². The first-order valence-electron chi connectivity index (χ1n) is 7.39. The van der Waals surface area contributed by atoms with Gasteiger partial charge in [-0.15, -0.1) is 0 Å². The van der Waals surface area contributed by atoms with Crippen molar-refractivity contribution in [1.29, 1.82) is 0 Å². The second-order valence-electron chi connectivity index (χ2n) is 4.73. The standard InChI is InChI=1S/C16H23N5/c1-3-21(4-2)16(17)19-12-11-18-15-10-9-13-7-5-6-8-14(13)20-15/h5-10H,3-4,11-12H2,1-2H3,(H2,17,19)(H,18,20). The fourth-order valence-electron chi connectivity index (χ4n) is 2.17. The molecule has 0 radical (unpaired) electrons. The normalized spacial score (nSPS) is 11.6. The molecule has 0 aliphatic heterocycles. The Kier molecular flexibility index (Phi) is 5.37. The van der Waals surface area contributed by atoms with Gasteiger partial charge in [-0.25, -0.2) is 4.98 Å². The van der Waals surface area contributed by atoms with Gasteiger partial charge in [0.05, 0.1) is 12.1 Å². The molecule has 0 spiro atoms. The monoisotopic (exact) mass is 285 g/mol. The summed E-state index contributed by atoms with van der Waals surface area (Å²) in [5, 5.41) is 4.42. The van der Waals surface area contributed by atoms with E-state index in [9.17, 15) is 0 Å². The van der Waals surface area contributed by atoms with Gasteiger partial charge in [-0.1, -0.05) is 18.2 Å². The first kappa shape index (κ1) is 15.1. The molecular formula is C16H23N5. The fraction of sp³-hybridized carbons (Fsp3) is 0.375. The van der Waals surface area contributed by atoms with Crippen molar-refractivity contribution in [3.63, 3.8) is 0 Å². The van der Waals surface area contributed by atoms with E-state index in [4.69, 9.17) is 5.73 Å². The maximum Gasteiger partial charge on any atom is 0.191 e. The SMILES string of the molecule is CCN(CC)C(N)=NCCNc1ccc2ccccc2n1. The number of hydrogen-bond acceptors (Lipinski definition) is 3. The summed E-state index contributed by atoms with van der Waals surface area (Å²) in [6, 6.07) is 12.1. The van der Waals surface area contributed by atoms with E-state index < -0.39 is 0 Å². The molecule has 2 rings (SSSR count). The molecule has 112 valence electrons. The van der Waals surface area contributed by atoms with Crippen LogP contribution < -0.4 is 11.1 Å². The summed E-state index contributed by atoms with van der Waals surface area (Å²) in [4.78, 5) is 11.0. The van der Waals surface area contributed by atoms with Crippen LogP contribution in [0.2, 0.25) is 0 Å². The van der Waals surface area contributed by atoms with E-state index in [2.05, 4.69) is 41.3 Å². The molecule has 0 atom stereocenters. The number of benzene rings is 1. The summed E-state index contributed by atoms with van der Waals surface area (Å²) in [5.41, 5.74) is 6.92. The number of nitrogens with two attached hydrogens (primary N) is 1. The zero-order chi connectivity index (χ0) is 15.1. The third-order valence-electron chi connectivity index (χ3n) is 3.38. The molecular weight excluding hydrogens is 262 g/mol. The third-order valence-corrected chi connectivity index (χ3v) is 3.38. The first-order valence-corrected chi connectivity index (χ1v) is 7.39. The van der Waals surface area contributed by atoms with Crippen LogP contribution in [0.4, 0.5) is 5.82 Å². The smallest absolute Gasteiger partial charge is 0.191 e. The summed E-state index contributed by atoms with van der Waals surface area (Å²) in [7, 11) is 0. The van der Waals surface area contributed by atoms with E-state index in [0.717, 1.165) is 29.8 Å². The van der Waals surface area contributed by atoms with E-state index in [1.54, 1.807) is 0 Å². The summed E-state index contributed by atoms with van der Waals surface area (Å²) < 4.78 is 0. The van der Waals surface area contributed by atoms with Crippen LogP contribution in [-0.2, 0) is 0 Å². The lowest BCUT2D eigenvalue weighted by Crippen LogP contribution is -2.37. The van der Waals surface area contributed by atoms with Crippen LogP contribution in [0.25, 0.3) is 10.9 Å². The number of nitrogens with zero attached hydrogens (tertiary/aromatic N) is 3. The molecule has 0 aliphatic carbocycles. The fourth-order valence-corrected chi connectivity index (χ4v) is 2.17. The van der Waals surface area contributed by atoms with E-state index >= 15 is 0 Å². The van der Waals surface area contributed by atoms with Crippen LogP contribution in [0, 0.1) is 0 Å². The van der Waals surface area contributed by atoms with Gasteiger partial charge in [0, 0.05) is 25.0 Å². The minimum atomic E-state index is 0.605. The van der Waals surface area contributed by atoms with Gasteiger partial charge in [0.2, 0.25) is 0 Å². The lowest BCUT2D eigenvalue weighted by Gasteiger charge is -2.19. The number of aromatic nitrogens is 1. The van der Waals surface area contributed by atoms with Crippen molar-refractivity contribution in [1.82, 2.24) is 9.88 Å². The van der Waals surface area contributed by atoms with E-state index in [1.165, 1.54) is 0 Å². The number of nitrogens with one attached hydrogen (secondary N) is 1. The maximum atomic E-state index is 5.93. The number of pyridine rings is 1. The maximum absolute atomic E-state index is 5.93. The molecule has 0 saturated heterocycles. The second-order valence-corrected chi connectivity index (χ2v) is 4.73. The largest absolute Gasteiger partial charge is 0.370 e. The summed E-state index contributed by atoms with van der Waals surface area (Å²) >= 11 is 0. The molecule has 0 amide bonds. The molecule has 1 aromatic heterocycles. The quantitative estimate of drug-likeness (QED) is 0.485. The van der Waals surface area contributed by atoms with Crippen molar-refractivity contribution in [3.05, 3.63) is 36.4 Å². The molecule has 1 heterocycles. The predicted octanol–water partition coefficient (Wildman–Crippen LogP) is 2.30. The Morgan fingerprint density at radius 2 is 1.95 bits per heavy atom. The zero-order valence-electron chi connectivity index (χ0n) is 12.7. The van der Waals surface area contributed by atoms with E-state index in [0.29, 0.717) is 19.0 Å². The number of fused-ring (bicyclic) bond motifs is 1. The lowest BCUT2D eigenvalue weighted by molar-refractivity contribution is 0.458. The van der Waals surface area contributed by atoms with Crippen LogP contribution in [0.3, 0.4) is 0 Å². The van der Waals surface area contributed by atoms with Gasteiger partial charge in [0.25, 0.3) is 0 Å². The van der Waals surface area contributed by atoms with E-state index in [-0.39, 0.29) is 0 Å². The van der Waals surface area contributed by atoms with Crippen LogP contribution >= 0.6 is 0 Å². The summed E-state index contributed by atoms with van der Waals surface area (Å²) in [5.74, 6) is 1.47. The average molecular weight is 285 g/mol. The van der Waals surface area contributed by atoms with Crippen LogP contribution in [0.15, 0.2) is 41.4 Å². The second kappa shape index (κ2) is 7.47. The number of anilines is 1. The number of guanidine groups is 1. The Bertz CT molecular complexity index is 604. The lowest BCUT2D eigenvalue weighted by atomic mass is 10.2. The molecule has 21 heavy (non-hydrogen) atoms. The average Bonchev–Trinajstić information content (AvgIpc) is 2.52. The van der Waals surface area contributed by atoms with Crippen molar-refractivity contribution in [2.24, 2.45) is 10.7 Å². The molecule has 3 N–H and O–H groups in total. The zero-order valence-corrected chi connectivity index (χ0v) is 12.7. The van der Waals surface area contributed by atoms with Crippen LogP contribution in [0.1, 0.15) is 13.8 Å². The highest BCUT2D eigenvalue weighted by atomic mass is 15.2. The molecule has 0 bridgehead atoms. The predicted molar refractivity (Wildman–Crippen MR) is 89.6 cm³/mol. The van der Waals surface area contributed by atoms with Gasteiger partial charge >= 0.3 is 0 Å². The van der Waals surface area contributed by atoms with Gasteiger partial charge in [0.15, 0.2) is 5.96 Å². The van der Waals surface area contributed by atoms with Gasteiger partial charge in [-0.3, -0.25) is 4.99 Å². The van der Waals surface area contributed by atoms with Crippen molar-refractivity contribution in [3.8, 4) is 0 Å². The number of aliphatic imine (C=N–C) groups is 1. The number of hydrogen-bond donors (Lipinski definition) is 2. The molecule has 0 fully saturated rings. The van der Waals surface area contributed by atoms with Crippen LogP contribution in [-0.4, -0.2) is 42.0 Å². The summed E-state index contributed by atoms with van der Waals surface area (Å²) in [6.07, 6.45) is 0. The van der Waals surface area contributed by atoms with Gasteiger partial charge in [-0.2, -0.15) is 0 Å². The molecule has 0 saturated carbocycles. The first-order chi connectivity index (χ1) is 10.2. The molecule has 5 heteroatoms. The highest BCUT2D eigenvalue weighted by Crippen LogP contribution is 2.14. The highest BCUT2D eigenvalue weighted by Gasteiger charge is 2.01. The molecule has 0 aliphatic rings. The van der Waals surface area contributed by atoms with Crippen LogP contribution in [0.5, 0.6) is 0 Å². The highest BCUT2D eigenvalue weighted by molar-refractivity contribution is 5.80. The van der Waals surface area contributed by atoms with Gasteiger partial charge < -0.3 is 16.0 Å². The Balaban J connectivity index is 1.89. The Hall–Kier alpha value is -2.30. The molecule has 5 nitrogen and oxygen atoms in total. The number of rotatable bonds is 6. The van der Waals surface area contributed by atoms with Crippen molar-refractivity contribution in [2.45, 2.75) is 13.8 Å². The summed E-state index contributed by atoms with van der Waals surface area (Å²) in [6.45, 7) is 7.26. The van der Waals surface area contributed by atoms with Crippen molar-refractivity contribution >= 4 is 22.7 Å². The molecule has 2 aromatic rings. The number of para-hydroxylation sites is 1. The van der Waals surface area contributed by atoms with Gasteiger partial charge in [0.1, 0.15) is 5.82 Å². The minimum absolute atomic E-state index is 0.605. The Morgan fingerprint density at radius 3 is 2.71 bits per heavy atom. The molecule has 1 aromatic carbocycles. The molecule has 0 unspecified atom stereocenters. The Labute approximate surface area is 125 Å². The van der Waals surface area contributed by atoms with Crippen molar-refractivity contribution < 1.29 is 0 Å². The van der Waals surface area contributed by atoms with E-state index in [1.807, 2.05) is 29.2 Å². The van der Waals surface area contributed by atoms with Crippen molar-refractivity contribution in [2.75, 3.05) is 31.5 Å². The topological polar surface area (TPSA) is 66.5 Å².